The highest BCUT2D eigenvalue weighted by Gasteiger charge is 1.98. The van der Waals surface area contributed by atoms with Gasteiger partial charge in [0.1, 0.15) is 5.75 Å². The van der Waals surface area contributed by atoms with E-state index in [1.165, 1.54) is 0 Å². The van der Waals surface area contributed by atoms with Crippen LogP contribution in [0.25, 0.3) is 0 Å². The predicted octanol–water partition coefficient (Wildman–Crippen LogP) is 1.58. The van der Waals surface area contributed by atoms with Gasteiger partial charge in [0.05, 0.1) is 12.6 Å². The van der Waals surface area contributed by atoms with Crippen molar-refractivity contribution in [2.45, 2.75) is 19.4 Å². The van der Waals surface area contributed by atoms with Crippen LogP contribution in [0.3, 0.4) is 0 Å². The van der Waals surface area contributed by atoms with Gasteiger partial charge in [-0.1, -0.05) is 19.1 Å². The lowest BCUT2D eigenvalue weighted by atomic mass is 10.2. The molecule has 2 N–H and O–H groups in total. The Hall–Kier alpha value is -1.35. The number of aliphatic hydroxyl groups is 1. The summed E-state index contributed by atoms with van der Waals surface area (Å²) in [5.41, 5.74) is 0.677. The molecule has 0 saturated heterocycles. The summed E-state index contributed by atoms with van der Waals surface area (Å²) in [6, 6.07) is 6.97. The monoisotopic (exact) mass is 193 g/mol. The summed E-state index contributed by atoms with van der Waals surface area (Å²) >= 11 is 0. The van der Waals surface area contributed by atoms with Crippen LogP contribution in [0, 0.1) is 0 Å². The van der Waals surface area contributed by atoms with Crippen LogP contribution in [-0.2, 0) is 0 Å². The summed E-state index contributed by atoms with van der Waals surface area (Å²) in [7, 11) is 0. The SMILES string of the molecule is CCC(O)CN=Cc1ccccc1O. The van der Waals surface area contributed by atoms with Crippen molar-refractivity contribution < 1.29 is 10.2 Å². The molecule has 0 radical (unpaired) electrons. The maximum Gasteiger partial charge on any atom is 0.124 e. The second-order valence-corrected chi connectivity index (χ2v) is 3.12. The van der Waals surface area contributed by atoms with Crippen molar-refractivity contribution in [3.05, 3.63) is 29.8 Å². The Balaban J connectivity index is 2.56. The lowest BCUT2D eigenvalue weighted by Crippen LogP contribution is -2.08. The Morgan fingerprint density at radius 2 is 2.14 bits per heavy atom. The Morgan fingerprint density at radius 1 is 1.43 bits per heavy atom. The van der Waals surface area contributed by atoms with E-state index in [1.54, 1.807) is 24.4 Å². The number of rotatable bonds is 4. The minimum absolute atomic E-state index is 0.210. The minimum atomic E-state index is -0.392. The number of hydrogen-bond donors (Lipinski definition) is 2. The molecule has 76 valence electrons. The van der Waals surface area contributed by atoms with E-state index >= 15 is 0 Å². The lowest BCUT2D eigenvalue weighted by Gasteiger charge is -2.02. The zero-order valence-electron chi connectivity index (χ0n) is 8.22. The Morgan fingerprint density at radius 3 is 2.79 bits per heavy atom. The summed E-state index contributed by atoms with van der Waals surface area (Å²) in [5, 5.41) is 18.6. The van der Waals surface area contributed by atoms with Crippen molar-refractivity contribution in [1.29, 1.82) is 0 Å². The molecule has 0 aromatic heterocycles. The number of phenolic OH excluding ortho intramolecular Hbond substituents is 1. The normalized spacial score (nSPS) is 13.3. The Bertz CT molecular complexity index is 310. The smallest absolute Gasteiger partial charge is 0.124 e. The van der Waals surface area contributed by atoms with Crippen LogP contribution in [0.2, 0.25) is 0 Å². The third kappa shape index (κ3) is 3.18. The van der Waals surface area contributed by atoms with Gasteiger partial charge >= 0.3 is 0 Å². The summed E-state index contributed by atoms with van der Waals surface area (Å²) in [6.45, 7) is 2.28. The van der Waals surface area contributed by atoms with E-state index in [1.807, 2.05) is 13.0 Å². The van der Waals surface area contributed by atoms with E-state index in [2.05, 4.69) is 4.99 Å². The van der Waals surface area contributed by atoms with Crippen LogP contribution >= 0.6 is 0 Å². The average Bonchev–Trinajstić information content (AvgIpc) is 2.20. The van der Waals surface area contributed by atoms with Crippen LogP contribution < -0.4 is 0 Å². The average molecular weight is 193 g/mol. The summed E-state index contributed by atoms with van der Waals surface area (Å²) < 4.78 is 0. The molecule has 1 unspecified atom stereocenters. The van der Waals surface area contributed by atoms with Crippen molar-refractivity contribution >= 4 is 6.21 Å². The fourth-order valence-corrected chi connectivity index (χ4v) is 0.999. The van der Waals surface area contributed by atoms with Crippen LogP contribution in [0.15, 0.2) is 29.3 Å². The lowest BCUT2D eigenvalue weighted by molar-refractivity contribution is 0.179. The van der Waals surface area contributed by atoms with Crippen molar-refractivity contribution in [3.63, 3.8) is 0 Å². The second kappa shape index (κ2) is 5.40. The standard InChI is InChI=1S/C11H15NO2/c1-2-10(13)8-12-7-9-5-3-4-6-11(9)14/h3-7,10,13-14H,2,8H2,1H3. The third-order valence-electron chi connectivity index (χ3n) is 1.95. The van der Waals surface area contributed by atoms with Crippen LogP contribution in [0.4, 0.5) is 0 Å². The first-order chi connectivity index (χ1) is 6.74. The Kier molecular flexibility index (Phi) is 4.13. The Labute approximate surface area is 83.7 Å². The van der Waals surface area contributed by atoms with Crippen molar-refractivity contribution in [1.82, 2.24) is 0 Å². The summed E-state index contributed by atoms with van der Waals surface area (Å²) in [4.78, 5) is 4.04. The van der Waals surface area contributed by atoms with Gasteiger partial charge in [0.25, 0.3) is 0 Å². The molecule has 0 spiro atoms. The van der Waals surface area contributed by atoms with E-state index in [0.29, 0.717) is 18.5 Å². The zero-order chi connectivity index (χ0) is 10.4. The van der Waals surface area contributed by atoms with E-state index < -0.39 is 6.10 Å². The van der Waals surface area contributed by atoms with Crippen LogP contribution in [0.5, 0.6) is 5.75 Å². The molecule has 1 aromatic rings. The number of aromatic hydroxyl groups is 1. The molecule has 0 fully saturated rings. The molecule has 0 aliphatic rings. The highest BCUT2D eigenvalue weighted by Crippen LogP contribution is 2.12. The van der Waals surface area contributed by atoms with Crippen molar-refractivity contribution in [3.8, 4) is 5.75 Å². The van der Waals surface area contributed by atoms with E-state index in [4.69, 9.17) is 0 Å². The van der Waals surface area contributed by atoms with E-state index in [0.717, 1.165) is 0 Å². The van der Waals surface area contributed by atoms with Crippen molar-refractivity contribution in [2.75, 3.05) is 6.54 Å². The van der Waals surface area contributed by atoms with Gasteiger partial charge in [-0.15, -0.1) is 0 Å². The van der Waals surface area contributed by atoms with Gasteiger partial charge in [0, 0.05) is 11.8 Å². The molecule has 0 aliphatic heterocycles. The molecule has 0 heterocycles. The maximum absolute atomic E-state index is 9.38. The van der Waals surface area contributed by atoms with Gasteiger partial charge in [-0.25, -0.2) is 0 Å². The van der Waals surface area contributed by atoms with Gasteiger partial charge in [-0.3, -0.25) is 4.99 Å². The predicted molar refractivity (Wildman–Crippen MR) is 56.9 cm³/mol. The van der Waals surface area contributed by atoms with E-state index in [9.17, 15) is 10.2 Å². The number of hydrogen-bond acceptors (Lipinski definition) is 3. The molecule has 0 amide bonds. The molecule has 0 saturated carbocycles. The van der Waals surface area contributed by atoms with Crippen molar-refractivity contribution in [2.24, 2.45) is 4.99 Å². The number of benzene rings is 1. The van der Waals surface area contributed by atoms with Gasteiger partial charge < -0.3 is 10.2 Å². The quantitative estimate of drug-likeness (QED) is 0.713. The summed E-state index contributed by atoms with van der Waals surface area (Å²) in [6.07, 6.45) is 1.88. The highest BCUT2D eigenvalue weighted by atomic mass is 16.3. The molecular formula is C11H15NO2. The highest BCUT2D eigenvalue weighted by molar-refractivity contribution is 5.83. The first kappa shape index (κ1) is 10.7. The molecule has 0 aliphatic carbocycles. The number of aliphatic imine (C=N–C) groups is 1. The minimum Gasteiger partial charge on any atom is -0.507 e. The van der Waals surface area contributed by atoms with Gasteiger partial charge in [-0.2, -0.15) is 0 Å². The summed E-state index contributed by atoms with van der Waals surface area (Å²) in [5.74, 6) is 0.210. The molecule has 3 heteroatoms. The van der Waals surface area contributed by atoms with Gasteiger partial charge in [0.15, 0.2) is 0 Å². The molecule has 14 heavy (non-hydrogen) atoms. The molecule has 0 bridgehead atoms. The second-order valence-electron chi connectivity index (χ2n) is 3.12. The number of para-hydroxylation sites is 1. The number of nitrogens with zero attached hydrogens (tertiary/aromatic N) is 1. The fourth-order valence-electron chi connectivity index (χ4n) is 0.999. The van der Waals surface area contributed by atoms with Crippen LogP contribution in [0.1, 0.15) is 18.9 Å². The third-order valence-corrected chi connectivity index (χ3v) is 1.95. The molecule has 1 rings (SSSR count). The maximum atomic E-state index is 9.38. The van der Waals surface area contributed by atoms with Crippen LogP contribution in [-0.4, -0.2) is 29.1 Å². The molecule has 1 atom stereocenters. The molecule has 3 nitrogen and oxygen atoms in total. The first-order valence-electron chi connectivity index (χ1n) is 4.70. The van der Waals surface area contributed by atoms with Gasteiger partial charge in [-0.05, 0) is 18.6 Å². The first-order valence-corrected chi connectivity index (χ1v) is 4.70. The fraction of sp³-hybridized carbons (Fsp3) is 0.364. The topological polar surface area (TPSA) is 52.8 Å². The number of aliphatic hydroxyl groups excluding tert-OH is 1. The molecular weight excluding hydrogens is 178 g/mol. The largest absolute Gasteiger partial charge is 0.507 e. The zero-order valence-corrected chi connectivity index (χ0v) is 8.22. The number of phenols is 1. The molecule has 1 aromatic carbocycles. The van der Waals surface area contributed by atoms with Gasteiger partial charge in [0.2, 0.25) is 0 Å². The van der Waals surface area contributed by atoms with E-state index in [-0.39, 0.29) is 5.75 Å².